The lowest BCUT2D eigenvalue weighted by Gasteiger charge is -1.97. The van der Waals surface area contributed by atoms with Gasteiger partial charge < -0.3 is 0 Å². The third kappa shape index (κ3) is 2.34. The summed E-state index contributed by atoms with van der Waals surface area (Å²) in [6.45, 7) is 2.12. The highest BCUT2D eigenvalue weighted by molar-refractivity contribution is 14.1. The average molecular weight is 359 g/mol. The largest absolute Gasteiger partial charge is 0.247 e. The van der Waals surface area contributed by atoms with Gasteiger partial charge in [-0.05, 0) is 63.7 Å². The first kappa shape index (κ1) is 8.70. The SMILES string of the molecule is CCc1cc(I)cc(I)n1. The Kier molecular flexibility index (Phi) is 3.35. The van der Waals surface area contributed by atoms with Crippen LogP contribution in [0.1, 0.15) is 12.6 Å². The fourth-order valence-corrected chi connectivity index (χ4v) is 2.59. The van der Waals surface area contributed by atoms with Gasteiger partial charge in [0, 0.05) is 9.26 Å². The van der Waals surface area contributed by atoms with Crippen molar-refractivity contribution in [3.05, 3.63) is 25.1 Å². The molecule has 1 heterocycles. The summed E-state index contributed by atoms with van der Waals surface area (Å²) in [6.07, 6.45) is 1.02. The van der Waals surface area contributed by atoms with Crippen molar-refractivity contribution in [3.63, 3.8) is 0 Å². The van der Waals surface area contributed by atoms with Crippen molar-refractivity contribution in [2.75, 3.05) is 0 Å². The molecule has 1 nitrogen and oxygen atoms in total. The van der Waals surface area contributed by atoms with Gasteiger partial charge in [0.15, 0.2) is 0 Å². The van der Waals surface area contributed by atoms with Crippen molar-refractivity contribution >= 4 is 45.2 Å². The number of halogens is 2. The van der Waals surface area contributed by atoms with E-state index in [4.69, 9.17) is 0 Å². The number of pyridine rings is 1. The van der Waals surface area contributed by atoms with E-state index in [1.165, 1.54) is 9.26 Å². The zero-order valence-corrected chi connectivity index (χ0v) is 9.88. The Morgan fingerprint density at radius 1 is 1.40 bits per heavy atom. The minimum absolute atomic E-state index is 1.02. The minimum Gasteiger partial charge on any atom is -0.247 e. The zero-order chi connectivity index (χ0) is 7.56. The quantitative estimate of drug-likeness (QED) is 0.555. The number of hydrogen-bond acceptors (Lipinski definition) is 1. The molecule has 0 fully saturated rings. The fraction of sp³-hybridized carbons (Fsp3) is 0.286. The Morgan fingerprint density at radius 3 is 2.60 bits per heavy atom. The number of hydrogen-bond donors (Lipinski definition) is 0. The lowest BCUT2D eigenvalue weighted by molar-refractivity contribution is 1.02. The summed E-state index contributed by atoms with van der Waals surface area (Å²) < 4.78 is 2.36. The first-order chi connectivity index (χ1) is 4.72. The van der Waals surface area contributed by atoms with Gasteiger partial charge in [0.05, 0.1) is 0 Å². The highest BCUT2D eigenvalue weighted by Gasteiger charge is 1.94. The lowest BCUT2D eigenvalue weighted by atomic mass is 10.3. The topological polar surface area (TPSA) is 12.9 Å². The van der Waals surface area contributed by atoms with E-state index < -0.39 is 0 Å². The molecule has 54 valence electrons. The van der Waals surface area contributed by atoms with Crippen molar-refractivity contribution in [3.8, 4) is 0 Å². The van der Waals surface area contributed by atoms with Crippen LogP contribution in [0.5, 0.6) is 0 Å². The molecule has 0 N–H and O–H groups in total. The molecule has 0 aromatic carbocycles. The molecule has 0 aliphatic heterocycles. The molecule has 1 aromatic heterocycles. The summed E-state index contributed by atoms with van der Waals surface area (Å²) in [7, 11) is 0. The van der Waals surface area contributed by atoms with Gasteiger partial charge in [-0.15, -0.1) is 0 Å². The highest BCUT2D eigenvalue weighted by atomic mass is 127. The molecule has 1 rings (SSSR count). The van der Waals surface area contributed by atoms with Crippen LogP contribution in [-0.4, -0.2) is 4.98 Å². The molecule has 0 saturated heterocycles. The van der Waals surface area contributed by atoms with Crippen LogP contribution >= 0.6 is 45.2 Å². The Balaban J connectivity index is 3.06. The number of rotatable bonds is 1. The normalized spacial score (nSPS) is 9.90. The molecule has 3 heteroatoms. The van der Waals surface area contributed by atoms with E-state index >= 15 is 0 Å². The summed E-state index contributed by atoms with van der Waals surface area (Å²) in [5, 5.41) is 0. The summed E-state index contributed by atoms with van der Waals surface area (Å²) in [6, 6.07) is 4.18. The van der Waals surface area contributed by atoms with E-state index in [0.717, 1.165) is 10.1 Å². The predicted octanol–water partition coefficient (Wildman–Crippen LogP) is 2.85. The Morgan fingerprint density at radius 2 is 2.10 bits per heavy atom. The maximum absolute atomic E-state index is 4.33. The van der Waals surface area contributed by atoms with Crippen molar-refractivity contribution in [2.24, 2.45) is 0 Å². The summed E-state index contributed by atoms with van der Waals surface area (Å²) in [4.78, 5) is 4.33. The smallest absolute Gasteiger partial charge is 0.102 e. The molecular formula is C7H7I2N. The Bertz CT molecular complexity index is 215. The third-order valence-corrected chi connectivity index (χ3v) is 2.35. The monoisotopic (exact) mass is 359 g/mol. The van der Waals surface area contributed by atoms with Gasteiger partial charge in [-0.1, -0.05) is 6.92 Å². The molecule has 0 radical (unpaired) electrons. The van der Waals surface area contributed by atoms with Crippen LogP contribution in [0.2, 0.25) is 0 Å². The van der Waals surface area contributed by atoms with Gasteiger partial charge in [-0.2, -0.15) is 0 Å². The van der Waals surface area contributed by atoms with Crippen LogP contribution in [0.3, 0.4) is 0 Å². The van der Waals surface area contributed by atoms with Gasteiger partial charge in [-0.25, -0.2) is 4.98 Å². The molecule has 0 atom stereocenters. The molecule has 0 aliphatic carbocycles. The summed E-state index contributed by atoms with van der Waals surface area (Å²) in [5.41, 5.74) is 1.18. The molecule has 0 unspecified atom stereocenters. The van der Waals surface area contributed by atoms with Crippen LogP contribution in [0.4, 0.5) is 0 Å². The molecular weight excluding hydrogens is 352 g/mol. The maximum atomic E-state index is 4.33. The third-order valence-electron chi connectivity index (χ3n) is 1.17. The van der Waals surface area contributed by atoms with Crippen LogP contribution in [0.25, 0.3) is 0 Å². The molecule has 0 spiro atoms. The number of nitrogens with zero attached hydrogens (tertiary/aromatic N) is 1. The van der Waals surface area contributed by atoms with Crippen LogP contribution in [0.15, 0.2) is 12.1 Å². The van der Waals surface area contributed by atoms with Gasteiger partial charge in [-0.3, -0.25) is 0 Å². The summed E-state index contributed by atoms with van der Waals surface area (Å²) >= 11 is 4.55. The predicted molar refractivity (Wildman–Crippen MR) is 59.0 cm³/mol. The first-order valence-electron chi connectivity index (χ1n) is 3.04. The van der Waals surface area contributed by atoms with E-state index in [2.05, 4.69) is 69.2 Å². The summed E-state index contributed by atoms with van der Waals surface area (Å²) in [5.74, 6) is 0. The second-order valence-corrected chi connectivity index (χ2v) is 4.30. The maximum Gasteiger partial charge on any atom is 0.102 e. The van der Waals surface area contributed by atoms with Gasteiger partial charge in [0.2, 0.25) is 0 Å². The van der Waals surface area contributed by atoms with E-state index in [1.807, 2.05) is 0 Å². The van der Waals surface area contributed by atoms with Gasteiger partial charge >= 0.3 is 0 Å². The first-order valence-corrected chi connectivity index (χ1v) is 5.20. The zero-order valence-electron chi connectivity index (χ0n) is 5.56. The second-order valence-electron chi connectivity index (χ2n) is 1.95. The number of aryl methyl sites for hydroxylation is 1. The average Bonchev–Trinajstić information content (AvgIpc) is 1.85. The minimum atomic E-state index is 1.02. The second kappa shape index (κ2) is 3.85. The van der Waals surface area contributed by atoms with E-state index in [0.29, 0.717) is 0 Å². The van der Waals surface area contributed by atoms with Crippen LogP contribution in [-0.2, 0) is 6.42 Å². The fourth-order valence-electron chi connectivity index (χ4n) is 0.697. The van der Waals surface area contributed by atoms with Crippen molar-refractivity contribution in [1.82, 2.24) is 4.98 Å². The molecule has 0 amide bonds. The van der Waals surface area contributed by atoms with Crippen molar-refractivity contribution in [1.29, 1.82) is 0 Å². The number of aromatic nitrogens is 1. The standard InChI is InChI=1S/C7H7I2N/c1-2-6-3-5(8)4-7(9)10-6/h3-4H,2H2,1H3. The van der Waals surface area contributed by atoms with Gasteiger partial charge in [0.25, 0.3) is 0 Å². The van der Waals surface area contributed by atoms with Crippen LogP contribution < -0.4 is 0 Å². The van der Waals surface area contributed by atoms with E-state index in [9.17, 15) is 0 Å². The van der Waals surface area contributed by atoms with Crippen LogP contribution in [0, 0.1) is 7.27 Å². The molecule has 1 aromatic rings. The lowest BCUT2D eigenvalue weighted by Crippen LogP contribution is -1.90. The van der Waals surface area contributed by atoms with Crippen molar-refractivity contribution < 1.29 is 0 Å². The van der Waals surface area contributed by atoms with E-state index in [-0.39, 0.29) is 0 Å². The Labute approximate surface area is 87.9 Å². The van der Waals surface area contributed by atoms with E-state index in [1.54, 1.807) is 0 Å². The molecule has 0 bridgehead atoms. The molecule has 0 aliphatic rings. The molecule has 0 saturated carbocycles. The molecule has 10 heavy (non-hydrogen) atoms. The van der Waals surface area contributed by atoms with Crippen molar-refractivity contribution in [2.45, 2.75) is 13.3 Å². The highest BCUT2D eigenvalue weighted by Crippen LogP contribution is 2.10. The Hall–Kier alpha value is 0.610. The van der Waals surface area contributed by atoms with Gasteiger partial charge in [0.1, 0.15) is 3.70 Å².